The van der Waals surface area contributed by atoms with E-state index >= 15 is 0 Å². The van der Waals surface area contributed by atoms with Gasteiger partial charge in [-0.05, 0) is 29.9 Å². The zero-order valence-electron chi connectivity index (χ0n) is 10.1. The van der Waals surface area contributed by atoms with Crippen molar-refractivity contribution in [1.29, 1.82) is 0 Å². The van der Waals surface area contributed by atoms with Crippen molar-refractivity contribution in [1.82, 2.24) is 9.97 Å². The summed E-state index contributed by atoms with van der Waals surface area (Å²) >= 11 is 7.72. The molecule has 1 unspecified atom stereocenters. The highest BCUT2D eigenvalue weighted by molar-refractivity contribution is 9.10. The summed E-state index contributed by atoms with van der Waals surface area (Å²) in [4.78, 5) is 22.4. The lowest BCUT2D eigenvalue weighted by atomic mass is 10.1. The summed E-state index contributed by atoms with van der Waals surface area (Å²) in [6, 6.07) is 5.80. The van der Waals surface area contributed by atoms with Crippen LogP contribution in [0.25, 0.3) is 10.9 Å². The number of halogens is 1. The molecule has 1 aliphatic heterocycles. The topological polar surface area (TPSA) is 46.1 Å². The number of fused-ring (bicyclic) bond motifs is 1. The lowest BCUT2D eigenvalue weighted by molar-refractivity contribution is -0.117. The minimum Gasteiger partial charge on any atom is -0.296 e. The zero-order chi connectivity index (χ0) is 13.4. The predicted molar refractivity (Wildman–Crippen MR) is 81.6 cm³/mol. The van der Waals surface area contributed by atoms with Crippen LogP contribution in [0.4, 0.5) is 5.82 Å². The molecule has 0 saturated carbocycles. The standard InChI is InChI=1S/C13H12BrN3OS/c14-9-1-2-11-10(4-9)13(16-7-15-11)17-5-8(6-19)3-12(17)18/h1-2,4,7-8,19H,3,5-6H2. The van der Waals surface area contributed by atoms with E-state index in [0.717, 1.165) is 21.1 Å². The molecule has 0 aliphatic carbocycles. The van der Waals surface area contributed by atoms with Crippen LogP contribution in [0.3, 0.4) is 0 Å². The second-order valence-corrected chi connectivity index (χ2v) is 5.90. The fraction of sp³-hybridized carbons (Fsp3) is 0.308. The van der Waals surface area contributed by atoms with Crippen molar-refractivity contribution in [2.75, 3.05) is 17.2 Å². The number of aromatic nitrogens is 2. The monoisotopic (exact) mass is 337 g/mol. The molecule has 0 spiro atoms. The molecular weight excluding hydrogens is 326 g/mol. The first-order valence-corrected chi connectivity index (χ1v) is 7.43. The minimum absolute atomic E-state index is 0.110. The lowest BCUT2D eigenvalue weighted by Crippen LogP contribution is -2.26. The summed E-state index contributed by atoms with van der Waals surface area (Å²) in [6.45, 7) is 0.682. The third-order valence-corrected chi connectivity index (χ3v) is 4.30. The maximum absolute atomic E-state index is 12.1. The van der Waals surface area contributed by atoms with Gasteiger partial charge in [0.15, 0.2) is 0 Å². The Bertz CT molecular complexity index is 649. The van der Waals surface area contributed by atoms with E-state index in [1.807, 2.05) is 18.2 Å². The number of amides is 1. The van der Waals surface area contributed by atoms with E-state index in [2.05, 4.69) is 38.5 Å². The molecule has 1 amide bonds. The third-order valence-electron chi connectivity index (χ3n) is 3.30. The van der Waals surface area contributed by atoms with Gasteiger partial charge in [-0.15, -0.1) is 0 Å². The Hall–Kier alpha value is -1.14. The Morgan fingerprint density at radius 2 is 2.26 bits per heavy atom. The first kappa shape index (κ1) is 12.9. The minimum atomic E-state index is 0.110. The molecule has 2 heterocycles. The average Bonchev–Trinajstić information content (AvgIpc) is 2.79. The summed E-state index contributed by atoms with van der Waals surface area (Å²) in [6.07, 6.45) is 2.05. The van der Waals surface area contributed by atoms with Crippen molar-refractivity contribution in [3.05, 3.63) is 29.0 Å². The Morgan fingerprint density at radius 1 is 1.42 bits per heavy atom. The van der Waals surface area contributed by atoms with Crippen LogP contribution in [0.15, 0.2) is 29.0 Å². The van der Waals surface area contributed by atoms with Crippen molar-refractivity contribution in [3.8, 4) is 0 Å². The second-order valence-electron chi connectivity index (χ2n) is 4.62. The summed E-state index contributed by atoms with van der Waals surface area (Å²) in [5.41, 5.74) is 0.843. The Kier molecular flexibility index (Phi) is 3.45. The summed E-state index contributed by atoms with van der Waals surface area (Å²) in [7, 11) is 0. The molecule has 6 heteroatoms. The maximum atomic E-state index is 12.1. The molecule has 1 aliphatic rings. The number of hydrogen-bond acceptors (Lipinski definition) is 4. The van der Waals surface area contributed by atoms with E-state index in [4.69, 9.17) is 0 Å². The fourth-order valence-electron chi connectivity index (χ4n) is 2.34. The molecule has 0 radical (unpaired) electrons. The van der Waals surface area contributed by atoms with Crippen LogP contribution in [0.5, 0.6) is 0 Å². The van der Waals surface area contributed by atoms with Crippen LogP contribution >= 0.6 is 28.6 Å². The van der Waals surface area contributed by atoms with Crippen LogP contribution in [0.1, 0.15) is 6.42 Å². The first-order valence-electron chi connectivity index (χ1n) is 6.00. The van der Waals surface area contributed by atoms with E-state index in [-0.39, 0.29) is 5.91 Å². The Balaban J connectivity index is 2.10. The lowest BCUT2D eigenvalue weighted by Gasteiger charge is -2.17. The SMILES string of the molecule is O=C1CC(CS)CN1c1ncnc2ccc(Br)cc12. The molecule has 0 bridgehead atoms. The van der Waals surface area contributed by atoms with Gasteiger partial charge in [0, 0.05) is 22.8 Å². The van der Waals surface area contributed by atoms with Crippen LogP contribution < -0.4 is 4.90 Å². The maximum Gasteiger partial charge on any atom is 0.228 e. The van der Waals surface area contributed by atoms with Gasteiger partial charge in [0.25, 0.3) is 0 Å². The molecule has 1 fully saturated rings. The molecule has 1 saturated heterocycles. The highest BCUT2D eigenvalue weighted by Gasteiger charge is 2.31. The third kappa shape index (κ3) is 2.34. The van der Waals surface area contributed by atoms with Crippen molar-refractivity contribution in [2.45, 2.75) is 6.42 Å². The van der Waals surface area contributed by atoms with Crippen LogP contribution in [-0.2, 0) is 4.79 Å². The van der Waals surface area contributed by atoms with Crippen molar-refractivity contribution >= 4 is 51.2 Å². The van der Waals surface area contributed by atoms with Crippen LogP contribution in [0, 0.1) is 5.92 Å². The fourth-order valence-corrected chi connectivity index (χ4v) is 2.94. The second kappa shape index (κ2) is 5.09. The normalized spacial score (nSPS) is 19.4. The largest absolute Gasteiger partial charge is 0.296 e. The van der Waals surface area contributed by atoms with Gasteiger partial charge in [-0.2, -0.15) is 12.6 Å². The van der Waals surface area contributed by atoms with E-state index in [9.17, 15) is 4.79 Å². The summed E-state index contributed by atoms with van der Waals surface area (Å²) in [5.74, 6) is 1.82. The summed E-state index contributed by atoms with van der Waals surface area (Å²) in [5, 5.41) is 0.894. The molecule has 4 nitrogen and oxygen atoms in total. The quantitative estimate of drug-likeness (QED) is 0.857. The van der Waals surface area contributed by atoms with Gasteiger partial charge in [0.05, 0.1) is 5.52 Å². The number of hydrogen-bond donors (Lipinski definition) is 1. The van der Waals surface area contributed by atoms with Gasteiger partial charge in [-0.25, -0.2) is 9.97 Å². The van der Waals surface area contributed by atoms with E-state index in [1.54, 1.807) is 4.90 Å². The van der Waals surface area contributed by atoms with Gasteiger partial charge in [-0.1, -0.05) is 15.9 Å². The summed E-state index contributed by atoms with van der Waals surface area (Å²) < 4.78 is 0.952. The average molecular weight is 338 g/mol. The number of nitrogens with zero attached hydrogens (tertiary/aromatic N) is 3. The van der Waals surface area contributed by atoms with Gasteiger partial charge in [0.1, 0.15) is 12.1 Å². The van der Waals surface area contributed by atoms with E-state index in [0.29, 0.717) is 24.7 Å². The van der Waals surface area contributed by atoms with Gasteiger partial charge in [-0.3, -0.25) is 9.69 Å². The Morgan fingerprint density at radius 3 is 3.00 bits per heavy atom. The molecule has 3 rings (SSSR count). The van der Waals surface area contributed by atoms with E-state index < -0.39 is 0 Å². The number of benzene rings is 1. The van der Waals surface area contributed by atoms with Crippen LogP contribution in [0.2, 0.25) is 0 Å². The number of carbonyl (C=O) groups is 1. The highest BCUT2D eigenvalue weighted by atomic mass is 79.9. The molecule has 1 atom stereocenters. The van der Waals surface area contributed by atoms with Crippen molar-refractivity contribution in [2.24, 2.45) is 5.92 Å². The predicted octanol–water partition coefficient (Wildman–Crippen LogP) is 2.68. The van der Waals surface area contributed by atoms with Gasteiger partial charge in [0.2, 0.25) is 5.91 Å². The number of thiol groups is 1. The van der Waals surface area contributed by atoms with Gasteiger partial charge >= 0.3 is 0 Å². The van der Waals surface area contributed by atoms with Crippen molar-refractivity contribution in [3.63, 3.8) is 0 Å². The molecule has 2 aromatic rings. The molecule has 0 N–H and O–H groups in total. The number of rotatable bonds is 2. The molecule has 98 valence electrons. The first-order chi connectivity index (χ1) is 9.19. The van der Waals surface area contributed by atoms with Crippen LogP contribution in [-0.4, -0.2) is 28.2 Å². The molecule has 1 aromatic carbocycles. The molecular formula is C13H12BrN3OS. The zero-order valence-corrected chi connectivity index (χ0v) is 12.6. The number of anilines is 1. The smallest absolute Gasteiger partial charge is 0.228 e. The molecule has 1 aromatic heterocycles. The van der Waals surface area contributed by atoms with Gasteiger partial charge < -0.3 is 0 Å². The number of carbonyl (C=O) groups excluding carboxylic acids is 1. The highest BCUT2D eigenvalue weighted by Crippen LogP contribution is 2.30. The molecule has 19 heavy (non-hydrogen) atoms. The van der Waals surface area contributed by atoms with E-state index in [1.165, 1.54) is 6.33 Å². The van der Waals surface area contributed by atoms with Crippen molar-refractivity contribution < 1.29 is 4.79 Å². The Labute approximate surface area is 124 Å².